The van der Waals surface area contributed by atoms with Crippen LogP contribution in [0.4, 0.5) is 0 Å². The first kappa shape index (κ1) is 59.2. The van der Waals surface area contributed by atoms with Crippen molar-refractivity contribution in [2.45, 2.75) is 213 Å². The summed E-state index contributed by atoms with van der Waals surface area (Å²) in [5, 5.41) is 0. The molecule has 0 heterocycles. The van der Waals surface area contributed by atoms with Crippen molar-refractivity contribution in [3.05, 3.63) is 60.8 Å². The van der Waals surface area contributed by atoms with Gasteiger partial charge in [0.15, 0.2) is 0 Å². The Hall–Kier alpha value is -1.80. The molecule has 0 aliphatic rings. The normalized spacial score (nSPS) is 14.1. The molecule has 2 atom stereocenters. The lowest BCUT2D eigenvalue weighted by Crippen LogP contribution is -2.37. The number of hydrogen-bond acceptors (Lipinski definition) is 6. The molecule has 0 aliphatic heterocycles. The first-order valence-corrected chi connectivity index (χ1v) is 26.5. The molecular weight excluding hydrogens is 782 g/mol. The highest BCUT2D eigenvalue weighted by atomic mass is 31.2. The Kier molecular flexibility index (Phi) is 43.5. The summed E-state index contributed by atoms with van der Waals surface area (Å²) in [6.07, 6.45) is 56.8. The zero-order valence-electron chi connectivity index (χ0n) is 40.4. The fourth-order valence-corrected chi connectivity index (χ4v) is 7.50. The number of phosphoric acid groups is 1. The van der Waals surface area contributed by atoms with Crippen molar-refractivity contribution < 1.29 is 37.3 Å². The molecule has 0 saturated carbocycles. The van der Waals surface area contributed by atoms with Crippen molar-refractivity contribution in [1.29, 1.82) is 0 Å². The fraction of sp³-hybridized carbons (Fsp3) is 0.788. The molecule has 0 amide bonds. The molecule has 0 spiro atoms. The van der Waals surface area contributed by atoms with Gasteiger partial charge in [0, 0.05) is 13.0 Å². The Morgan fingerprint density at radius 1 is 0.525 bits per heavy atom. The van der Waals surface area contributed by atoms with Gasteiger partial charge < -0.3 is 18.9 Å². The summed E-state index contributed by atoms with van der Waals surface area (Å²) >= 11 is 0. The van der Waals surface area contributed by atoms with E-state index in [1.807, 2.05) is 21.1 Å². The monoisotopic (exact) mass is 879 g/mol. The number of likely N-dealkylation sites (N-methyl/N-ethyl adjacent to an activating group) is 1. The number of nitrogens with zero attached hydrogens (tertiary/aromatic N) is 1. The number of allylic oxidation sites excluding steroid dienone is 10. The van der Waals surface area contributed by atoms with Crippen LogP contribution in [0, 0.1) is 0 Å². The number of carbonyl (C=O) groups is 1. The highest BCUT2D eigenvalue weighted by Gasteiger charge is 2.26. The minimum absolute atomic E-state index is 0.0851. The third kappa shape index (κ3) is 49.1. The number of hydrogen-bond donors (Lipinski definition) is 1. The Morgan fingerprint density at radius 3 is 1.43 bits per heavy atom. The molecule has 9 heteroatoms. The Morgan fingerprint density at radius 2 is 0.951 bits per heavy atom. The lowest BCUT2D eigenvalue weighted by molar-refractivity contribution is -0.870. The molecule has 0 radical (unpaired) electrons. The van der Waals surface area contributed by atoms with Crippen molar-refractivity contribution in [1.82, 2.24) is 0 Å². The van der Waals surface area contributed by atoms with E-state index < -0.39 is 13.9 Å². The number of ether oxygens (including phenoxy) is 2. The third-order valence-corrected chi connectivity index (χ3v) is 11.6. The van der Waals surface area contributed by atoms with Gasteiger partial charge in [-0.3, -0.25) is 13.8 Å². The van der Waals surface area contributed by atoms with Crippen LogP contribution in [0.25, 0.3) is 0 Å². The van der Waals surface area contributed by atoms with Crippen LogP contribution in [0.3, 0.4) is 0 Å². The summed E-state index contributed by atoms with van der Waals surface area (Å²) in [4.78, 5) is 23.0. The Bertz CT molecular complexity index is 1160. The van der Waals surface area contributed by atoms with E-state index >= 15 is 0 Å². The lowest BCUT2D eigenvalue weighted by Gasteiger charge is -2.24. The molecule has 0 aromatic carbocycles. The topological polar surface area (TPSA) is 91.3 Å². The van der Waals surface area contributed by atoms with Crippen molar-refractivity contribution >= 4 is 13.8 Å². The zero-order valence-corrected chi connectivity index (χ0v) is 41.3. The molecule has 0 aliphatic carbocycles. The molecule has 2 unspecified atom stereocenters. The van der Waals surface area contributed by atoms with Gasteiger partial charge in [-0.25, -0.2) is 4.57 Å². The van der Waals surface area contributed by atoms with Crippen LogP contribution in [0.15, 0.2) is 60.8 Å². The molecule has 0 saturated heterocycles. The average Bonchev–Trinajstić information content (AvgIpc) is 3.22. The largest absolute Gasteiger partial charge is 0.472 e. The number of esters is 1. The van der Waals surface area contributed by atoms with Gasteiger partial charge in [-0.15, -0.1) is 0 Å². The van der Waals surface area contributed by atoms with E-state index in [0.717, 1.165) is 70.6 Å². The Labute approximate surface area is 377 Å². The van der Waals surface area contributed by atoms with Gasteiger partial charge in [0.2, 0.25) is 0 Å². The molecular formula is C52H97NO7P+. The van der Waals surface area contributed by atoms with E-state index in [-0.39, 0.29) is 25.8 Å². The summed E-state index contributed by atoms with van der Waals surface area (Å²) in [6.45, 7) is 5.52. The molecule has 0 aromatic rings. The number of unbranched alkanes of at least 4 members (excludes halogenated alkanes) is 22. The third-order valence-electron chi connectivity index (χ3n) is 10.6. The van der Waals surface area contributed by atoms with E-state index in [1.54, 1.807) is 0 Å². The minimum Gasteiger partial charge on any atom is -0.457 e. The quantitative estimate of drug-likeness (QED) is 0.0214. The van der Waals surface area contributed by atoms with Crippen LogP contribution >= 0.6 is 7.82 Å². The highest BCUT2D eigenvalue weighted by Crippen LogP contribution is 2.43. The molecule has 1 N–H and O–H groups in total. The van der Waals surface area contributed by atoms with Gasteiger partial charge in [0.25, 0.3) is 0 Å². The zero-order chi connectivity index (χ0) is 44.8. The summed E-state index contributed by atoms with van der Waals surface area (Å²) < 4.78 is 35.1. The van der Waals surface area contributed by atoms with Crippen LogP contribution in [-0.4, -0.2) is 75.6 Å². The Balaban J connectivity index is 4.18. The second kappa shape index (κ2) is 44.8. The molecule has 8 nitrogen and oxygen atoms in total. The van der Waals surface area contributed by atoms with Crippen LogP contribution in [0.1, 0.15) is 206 Å². The van der Waals surface area contributed by atoms with Crippen LogP contribution in [-0.2, 0) is 27.9 Å². The van der Waals surface area contributed by atoms with Gasteiger partial charge in [0.05, 0.1) is 34.4 Å². The summed E-state index contributed by atoms with van der Waals surface area (Å²) in [7, 11) is 1.66. The maximum atomic E-state index is 12.8. The van der Waals surface area contributed by atoms with E-state index in [2.05, 4.69) is 74.6 Å². The summed E-state index contributed by atoms with van der Waals surface area (Å²) in [5.74, 6) is -0.324. The van der Waals surface area contributed by atoms with Crippen LogP contribution in [0.2, 0.25) is 0 Å². The molecule has 0 fully saturated rings. The van der Waals surface area contributed by atoms with Crippen molar-refractivity contribution in [2.75, 3.05) is 54.1 Å². The number of carbonyl (C=O) groups excluding carboxylic acids is 1. The van der Waals surface area contributed by atoms with Gasteiger partial charge in [-0.2, -0.15) is 0 Å². The minimum atomic E-state index is -4.28. The van der Waals surface area contributed by atoms with E-state index in [9.17, 15) is 14.3 Å². The van der Waals surface area contributed by atoms with Gasteiger partial charge in [-0.05, 0) is 57.8 Å². The van der Waals surface area contributed by atoms with Gasteiger partial charge in [0.1, 0.15) is 19.3 Å². The van der Waals surface area contributed by atoms with Crippen LogP contribution in [0.5, 0.6) is 0 Å². The van der Waals surface area contributed by atoms with Crippen molar-refractivity contribution in [3.63, 3.8) is 0 Å². The standard InChI is InChI=1S/C52H96NO7P/c1-6-8-10-12-14-16-18-20-22-24-25-26-27-28-29-30-31-33-35-37-39-41-43-45-52(54)60-51(50-59-61(55,56)58-48-46-53(3,4)5)49-57-47-44-42-40-38-36-34-32-23-21-19-17-15-13-11-9-7-2/h8,10,14,16,20,22,25-26,28-29,51H,6-7,9,11-13,15,17-19,21,23-24,27,30-50H2,1-5H3/p+1/b10-8-,16-14-,22-20-,26-25-,29-28-. The number of phosphoric ester groups is 1. The molecule has 0 aromatic heterocycles. The predicted molar refractivity (Wildman–Crippen MR) is 261 cm³/mol. The molecule has 61 heavy (non-hydrogen) atoms. The lowest BCUT2D eigenvalue weighted by atomic mass is 10.0. The number of rotatable bonds is 46. The summed E-state index contributed by atoms with van der Waals surface area (Å²) in [5.41, 5.74) is 0. The van der Waals surface area contributed by atoms with E-state index in [4.69, 9.17) is 18.5 Å². The molecule has 0 bridgehead atoms. The van der Waals surface area contributed by atoms with E-state index in [0.29, 0.717) is 24.1 Å². The molecule has 356 valence electrons. The van der Waals surface area contributed by atoms with Gasteiger partial charge >= 0.3 is 13.8 Å². The predicted octanol–water partition coefficient (Wildman–Crippen LogP) is 15.3. The second-order valence-electron chi connectivity index (χ2n) is 17.8. The second-order valence-corrected chi connectivity index (χ2v) is 19.3. The SMILES string of the molecule is CC/C=C\C/C=C\C/C=C\C/C=C\C/C=C\CCCCCCCCCC(=O)OC(COCCCCCCCCCCCCCCCCCC)COP(=O)(O)OCC[N+](C)(C)C. The molecule has 0 rings (SSSR count). The summed E-state index contributed by atoms with van der Waals surface area (Å²) in [6, 6.07) is 0. The van der Waals surface area contributed by atoms with Crippen molar-refractivity contribution in [3.8, 4) is 0 Å². The first-order valence-electron chi connectivity index (χ1n) is 25.0. The first-order chi connectivity index (χ1) is 29.6. The van der Waals surface area contributed by atoms with E-state index in [1.165, 1.54) is 116 Å². The average molecular weight is 879 g/mol. The maximum Gasteiger partial charge on any atom is 0.472 e. The maximum absolute atomic E-state index is 12.8. The highest BCUT2D eigenvalue weighted by molar-refractivity contribution is 7.47. The van der Waals surface area contributed by atoms with Gasteiger partial charge in [-0.1, -0.05) is 203 Å². The fourth-order valence-electron chi connectivity index (χ4n) is 6.76. The number of quaternary nitrogens is 1. The smallest absolute Gasteiger partial charge is 0.457 e. The van der Waals surface area contributed by atoms with Crippen molar-refractivity contribution in [2.24, 2.45) is 0 Å². The van der Waals surface area contributed by atoms with Crippen LogP contribution < -0.4 is 0 Å².